The van der Waals surface area contributed by atoms with E-state index in [-0.39, 0.29) is 6.54 Å². The van der Waals surface area contributed by atoms with Gasteiger partial charge in [0.15, 0.2) is 0 Å². The standard InChI is InChI=1S/C10H17F2N3/c1-8(2)3-4-13-9-5-14-15(6-9)7-10(11)12/h5-6,8,10,13H,3-4,7H2,1-2H3. The third-order valence-electron chi connectivity index (χ3n) is 2.01. The molecule has 0 bridgehead atoms. The highest BCUT2D eigenvalue weighted by Gasteiger charge is 2.05. The first kappa shape index (κ1) is 11.9. The quantitative estimate of drug-likeness (QED) is 0.793. The van der Waals surface area contributed by atoms with Gasteiger partial charge < -0.3 is 5.32 Å². The minimum Gasteiger partial charge on any atom is -0.383 e. The number of alkyl halides is 2. The van der Waals surface area contributed by atoms with E-state index >= 15 is 0 Å². The monoisotopic (exact) mass is 217 g/mol. The number of hydrogen-bond acceptors (Lipinski definition) is 2. The molecule has 0 atom stereocenters. The summed E-state index contributed by atoms with van der Waals surface area (Å²) in [6, 6.07) is 0. The lowest BCUT2D eigenvalue weighted by Gasteiger charge is -2.05. The molecule has 0 radical (unpaired) electrons. The van der Waals surface area contributed by atoms with Crippen molar-refractivity contribution in [2.45, 2.75) is 33.2 Å². The summed E-state index contributed by atoms with van der Waals surface area (Å²) in [4.78, 5) is 0. The third-order valence-corrected chi connectivity index (χ3v) is 2.01. The molecule has 0 unspecified atom stereocenters. The van der Waals surface area contributed by atoms with E-state index in [2.05, 4.69) is 24.3 Å². The highest BCUT2D eigenvalue weighted by Crippen LogP contribution is 2.08. The van der Waals surface area contributed by atoms with Crippen molar-refractivity contribution < 1.29 is 8.78 Å². The Labute approximate surface area is 88.5 Å². The molecule has 86 valence electrons. The van der Waals surface area contributed by atoms with Crippen LogP contribution in [0.15, 0.2) is 12.4 Å². The molecule has 15 heavy (non-hydrogen) atoms. The van der Waals surface area contributed by atoms with Gasteiger partial charge in [-0.1, -0.05) is 13.8 Å². The Morgan fingerprint density at radius 3 is 2.80 bits per heavy atom. The molecule has 1 heterocycles. The Morgan fingerprint density at radius 2 is 2.20 bits per heavy atom. The summed E-state index contributed by atoms with van der Waals surface area (Å²) >= 11 is 0. The molecule has 1 rings (SSSR count). The van der Waals surface area contributed by atoms with E-state index in [9.17, 15) is 8.78 Å². The number of nitrogens with zero attached hydrogens (tertiary/aromatic N) is 2. The summed E-state index contributed by atoms with van der Waals surface area (Å²) in [5.41, 5.74) is 0.802. The van der Waals surface area contributed by atoms with E-state index in [0.717, 1.165) is 18.7 Å². The number of aromatic nitrogens is 2. The number of nitrogens with one attached hydrogen (secondary N) is 1. The average molecular weight is 217 g/mol. The van der Waals surface area contributed by atoms with Crippen LogP contribution in [-0.2, 0) is 6.54 Å². The second kappa shape index (κ2) is 5.68. The summed E-state index contributed by atoms with van der Waals surface area (Å²) < 4.78 is 25.3. The van der Waals surface area contributed by atoms with Crippen LogP contribution in [0.5, 0.6) is 0 Å². The van der Waals surface area contributed by atoms with Gasteiger partial charge in [0.05, 0.1) is 11.9 Å². The molecule has 0 amide bonds. The number of rotatable bonds is 6. The van der Waals surface area contributed by atoms with Crippen LogP contribution in [0.2, 0.25) is 0 Å². The Hall–Kier alpha value is -1.13. The second-order valence-electron chi connectivity index (χ2n) is 3.95. The summed E-state index contributed by atoms with van der Waals surface area (Å²) in [6.45, 7) is 4.79. The SMILES string of the molecule is CC(C)CCNc1cnn(CC(F)F)c1. The molecule has 1 aromatic heterocycles. The Balaban J connectivity index is 2.33. The number of anilines is 1. The van der Waals surface area contributed by atoms with Gasteiger partial charge in [-0.05, 0) is 12.3 Å². The van der Waals surface area contributed by atoms with Crippen LogP contribution < -0.4 is 5.32 Å². The molecule has 0 fully saturated rings. The zero-order chi connectivity index (χ0) is 11.3. The van der Waals surface area contributed by atoms with Crippen molar-refractivity contribution in [1.29, 1.82) is 0 Å². The number of halogens is 2. The smallest absolute Gasteiger partial charge is 0.257 e. The lowest BCUT2D eigenvalue weighted by molar-refractivity contribution is 0.122. The van der Waals surface area contributed by atoms with E-state index in [1.807, 2.05) is 0 Å². The molecular weight excluding hydrogens is 200 g/mol. The van der Waals surface area contributed by atoms with Gasteiger partial charge in [0, 0.05) is 12.7 Å². The van der Waals surface area contributed by atoms with Gasteiger partial charge >= 0.3 is 0 Å². The zero-order valence-corrected chi connectivity index (χ0v) is 9.08. The fourth-order valence-electron chi connectivity index (χ4n) is 1.20. The highest BCUT2D eigenvalue weighted by atomic mass is 19.3. The van der Waals surface area contributed by atoms with E-state index in [1.165, 1.54) is 4.68 Å². The molecule has 3 nitrogen and oxygen atoms in total. The maximum atomic E-state index is 12.0. The van der Waals surface area contributed by atoms with Gasteiger partial charge in [0.1, 0.15) is 6.54 Å². The maximum absolute atomic E-state index is 12.0. The first-order valence-corrected chi connectivity index (χ1v) is 5.12. The van der Waals surface area contributed by atoms with Crippen LogP contribution in [-0.4, -0.2) is 22.8 Å². The van der Waals surface area contributed by atoms with Crippen molar-refractivity contribution in [1.82, 2.24) is 9.78 Å². The summed E-state index contributed by atoms with van der Waals surface area (Å²) in [5.74, 6) is 0.633. The molecule has 0 aromatic carbocycles. The van der Waals surface area contributed by atoms with Crippen molar-refractivity contribution in [3.05, 3.63) is 12.4 Å². The van der Waals surface area contributed by atoms with Crippen LogP contribution in [0.1, 0.15) is 20.3 Å². The number of hydrogen-bond donors (Lipinski definition) is 1. The van der Waals surface area contributed by atoms with Gasteiger partial charge in [0.25, 0.3) is 6.43 Å². The van der Waals surface area contributed by atoms with Crippen LogP contribution in [0.3, 0.4) is 0 Å². The maximum Gasteiger partial charge on any atom is 0.257 e. The van der Waals surface area contributed by atoms with Crippen LogP contribution in [0.25, 0.3) is 0 Å². The first-order valence-electron chi connectivity index (χ1n) is 5.12. The van der Waals surface area contributed by atoms with Gasteiger partial charge in [-0.2, -0.15) is 5.10 Å². The highest BCUT2D eigenvalue weighted by molar-refractivity contribution is 5.37. The summed E-state index contributed by atoms with van der Waals surface area (Å²) in [5, 5.41) is 6.97. The van der Waals surface area contributed by atoms with E-state index in [1.54, 1.807) is 12.4 Å². The Kier molecular flexibility index (Phi) is 4.52. The van der Waals surface area contributed by atoms with Crippen molar-refractivity contribution in [3.63, 3.8) is 0 Å². The third kappa shape index (κ3) is 4.76. The molecule has 5 heteroatoms. The molecule has 0 aliphatic rings. The molecule has 1 N–H and O–H groups in total. The predicted octanol–water partition coefficient (Wildman–Crippen LogP) is 2.61. The largest absolute Gasteiger partial charge is 0.383 e. The first-order chi connectivity index (χ1) is 7.08. The van der Waals surface area contributed by atoms with Crippen LogP contribution in [0, 0.1) is 5.92 Å². The van der Waals surface area contributed by atoms with E-state index < -0.39 is 6.43 Å². The van der Waals surface area contributed by atoms with Gasteiger partial charge in [-0.15, -0.1) is 0 Å². The zero-order valence-electron chi connectivity index (χ0n) is 9.08. The summed E-state index contributed by atoms with van der Waals surface area (Å²) in [6.07, 6.45) is 1.88. The van der Waals surface area contributed by atoms with Crippen LogP contribution >= 0.6 is 0 Å². The molecular formula is C10H17F2N3. The van der Waals surface area contributed by atoms with Crippen LogP contribution in [0.4, 0.5) is 14.5 Å². The minimum atomic E-state index is -2.35. The van der Waals surface area contributed by atoms with Gasteiger partial charge in [-0.25, -0.2) is 8.78 Å². The van der Waals surface area contributed by atoms with Gasteiger partial charge in [0.2, 0.25) is 0 Å². The van der Waals surface area contributed by atoms with Gasteiger partial charge in [-0.3, -0.25) is 4.68 Å². The fraction of sp³-hybridized carbons (Fsp3) is 0.700. The molecule has 0 saturated heterocycles. The van der Waals surface area contributed by atoms with E-state index in [4.69, 9.17) is 0 Å². The molecule has 0 saturated carbocycles. The predicted molar refractivity (Wildman–Crippen MR) is 56.2 cm³/mol. The van der Waals surface area contributed by atoms with Crippen molar-refractivity contribution in [2.24, 2.45) is 5.92 Å². The summed E-state index contributed by atoms with van der Waals surface area (Å²) in [7, 11) is 0. The van der Waals surface area contributed by atoms with E-state index in [0.29, 0.717) is 5.92 Å². The van der Waals surface area contributed by atoms with Crippen molar-refractivity contribution in [2.75, 3.05) is 11.9 Å². The topological polar surface area (TPSA) is 29.9 Å². The fourth-order valence-corrected chi connectivity index (χ4v) is 1.20. The van der Waals surface area contributed by atoms with Crippen molar-refractivity contribution in [3.8, 4) is 0 Å². The molecule has 0 spiro atoms. The Morgan fingerprint density at radius 1 is 1.47 bits per heavy atom. The normalized spacial score (nSPS) is 11.3. The second-order valence-corrected chi connectivity index (χ2v) is 3.95. The average Bonchev–Trinajstić information content (AvgIpc) is 2.50. The minimum absolute atomic E-state index is 0.341. The molecule has 0 aliphatic carbocycles. The Bertz CT molecular complexity index is 284. The lowest BCUT2D eigenvalue weighted by Crippen LogP contribution is -2.07. The molecule has 0 aliphatic heterocycles. The lowest BCUT2D eigenvalue weighted by atomic mass is 10.1. The van der Waals surface area contributed by atoms with Crippen molar-refractivity contribution >= 4 is 5.69 Å². The molecule has 1 aromatic rings.